The van der Waals surface area contributed by atoms with E-state index < -0.39 is 5.54 Å². The van der Waals surface area contributed by atoms with Crippen molar-refractivity contribution in [1.29, 1.82) is 0 Å². The molecule has 180 valence electrons. The molecule has 35 heavy (non-hydrogen) atoms. The Balaban J connectivity index is 1.97. The highest BCUT2D eigenvalue weighted by atomic mass is 16.5. The molecule has 1 N–H and O–H groups in total. The van der Waals surface area contributed by atoms with Crippen LogP contribution in [0.4, 0.5) is 0 Å². The average molecular weight is 470 g/mol. The van der Waals surface area contributed by atoms with Crippen LogP contribution in [0.2, 0.25) is 0 Å². The van der Waals surface area contributed by atoms with Crippen LogP contribution in [0.1, 0.15) is 52.9 Å². The summed E-state index contributed by atoms with van der Waals surface area (Å²) in [7, 11) is 1.63. The topological polar surface area (TPSA) is 71.5 Å². The maximum Gasteiger partial charge on any atom is 0.257 e. The molecule has 1 aliphatic rings. The number of aryl methyl sites for hydroxylation is 1. The second-order valence-corrected chi connectivity index (χ2v) is 8.74. The standard InChI is InChI=1S/C29H31N3O3/c1-4-17-31-28(34)29(16-8-12-23-19-25(35-3)14-15-26(23)29)32(21(2)22-10-6-5-7-11-22)27(33)24-13-9-18-30-20-24/h4-7,9-11,13-15,18-21H,1,8,12,16-17H2,2-3H3,(H,31,34). The Morgan fingerprint density at radius 1 is 1.20 bits per heavy atom. The number of ether oxygens (including phenoxy) is 1. The largest absolute Gasteiger partial charge is 0.497 e. The molecule has 2 atom stereocenters. The molecule has 2 unspecified atom stereocenters. The van der Waals surface area contributed by atoms with Gasteiger partial charge in [-0.15, -0.1) is 6.58 Å². The van der Waals surface area contributed by atoms with E-state index in [4.69, 9.17) is 4.74 Å². The highest BCUT2D eigenvalue weighted by molar-refractivity contribution is 6.00. The van der Waals surface area contributed by atoms with E-state index in [0.29, 0.717) is 18.5 Å². The number of nitrogens with zero attached hydrogens (tertiary/aromatic N) is 2. The van der Waals surface area contributed by atoms with Crippen molar-refractivity contribution in [3.05, 3.63) is 108 Å². The predicted molar refractivity (Wildman–Crippen MR) is 136 cm³/mol. The highest BCUT2D eigenvalue weighted by Gasteiger charge is 2.52. The lowest BCUT2D eigenvalue weighted by molar-refractivity contribution is -0.135. The van der Waals surface area contributed by atoms with E-state index in [0.717, 1.165) is 35.3 Å². The summed E-state index contributed by atoms with van der Waals surface area (Å²) in [6.45, 7) is 6.04. The normalized spacial score (nSPS) is 17.5. The molecule has 6 nitrogen and oxygen atoms in total. The van der Waals surface area contributed by atoms with Gasteiger partial charge >= 0.3 is 0 Å². The van der Waals surface area contributed by atoms with E-state index in [1.807, 2.05) is 55.5 Å². The second kappa shape index (κ2) is 10.6. The quantitative estimate of drug-likeness (QED) is 0.480. The van der Waals surface area contributed by atoms with Gasteiger partial charge in [-0.2, -0.15) is 0 Å². The number of carbonyl (C=O) groups is 2. The first-order valence-electron chi connectivity index (χ1n) is 11.9. The molecular weight excluding hydrogens is 438 g/mol. The maximum atomic E-state index is 14.2. The number of nitrogens with one attached hydrogen (secondary N) is 1. The molecule has 0 saturated heterocycles. The Bertz CT molecular complexity index is 1200. The van der Waals surface area contributed by atoms with Crippen molar-refractivity contribution >= 4 is 11.8 Å². The Labute approximate surface area is 206 Å². The number of methoxy groups -OCH3 is 1. The molecule has 0 aliphatic heterocycles. The molecule has 3 aromatic rings. The lowest BCUT2D eigenvalue weighted by atomic mass is 9.73. The SMILES string of the molecule is C=CCNC(=O)C1(N(C(=O)c2cccnc2)C(C)c2ccccc2)CCCc2cc(OC)ccc21. The second-order valence-electron chi connectivity index (χ2n) is 8.74. The molecule has 0 bridgehead atoms. The van der Waals surface area contributed by atoms with Crippen molar-refractivity contribution in [1.82, 2.24) is 15.2 Å². The minimum atomic E-state index is -1.22. The first-order chi connectivity index (χ1) is 17.0. The number of fused-ring (bicyclic) bond motifs is 1. The summed E-state index contributed by atoms with van der Waals surface area (Å²) in [4.78, 5) is 34.3. The van der Waals surface area contributed by atoms with Gasteiger partial charge in [0.1, 0.15) is 11.3 Å². The third kappa shape index (κ3) is 4.56. The molecule has 4 rings (SSSR count). The van der Waals surface area contributed by atoms with E-state index in [9.17, 15) is 9.59 Å². The van der Waals surface area contributed by atoms with Gasteiger partial charge in [-0.3, -0.25) is 14.6 Å². The first-order valence-corrected chi connectivity index (χ1v) is 11.9. The zero-order valence-electron chi connectivity index (χ0n) is 20.2. The molecule has 0 radical (unpaired) electrons. The summed E-state index contributed by atoms with van der Waals surface area (Å²) in [6.07, 6.45) is 6.89. The van der Waals surface area contributed by atoms with Crippen molar-refractivity contribution in [3.8, 4) is 5.75 Å². The Hall–Kier alpha value is -3.93. The first kappa shape index (κ1) is 24.2. The molecule has 6 heteroatoms. The number of amides is 2. The van der Waals surface area contributed by atoms with Gasteiger partial charge < -0.3 is 15.0 Å². The minimum Gasteiger partial charge on any atom is -0.497 e. The third-order valence-electron chi connectivity index (χ3n) is 6.73. The molecule has 2 amide bonds. The molecule has 0 spiro atoms. The van der Waals surface area contributed by atoms with E-state index in [1.54, 1.807) is 42.6 Å². The zero-order valence-corrected chi connectivity index (χ0v) is 20.2. The van der Waals surface area contributed by atoms with E-state index >= 15 is 0 Å². The number of aromatic nitrogens is 1. The van der Waals surface area contributed by atoms with Gasteiger partial charge in [0.15, 0.2) is 0 Å². The van der Waals surface area contributed by atoms with Crippen molar-refractivity contribution in [2.24, 2.45) is 0 Å². The molecule has 1 aromatic heterocycles. The van der Waals surface area contributed by atoms with Crippen LogP contribution in [-0.4, -0.2) is 35.4 Å². The van der Waals surface area contributed by atoms with Crippen LogP contribution >= 0.6 is 0 Å². The van der Waals surface area contributed by atoms with E-state index in [2.05, 4.69) is 16.9 Å². The molecule has 1 aliphatic carbocycles. The maximum absolute atomic E-state index is 14.2. The molecular formula is C29H31N3O3. The molecule has 0 fully saturated rings. The summed E-state index contributed by atoms with van der Waals surface area (Å²) >= 11 is 0. The zero-order chi connectivity index (χ0) is 24.8. The Morgan fingerprint density at radius 2 is 2.00 bits per heavy atom. The molecule has 2 aromatic carbocycles. The van der Waals surface area contributed by atoms with Crippen molar-refractivity contribution in [3.63, 3.8) is 0 Å². The lowest BCUT2D eigenvalue weighted by Crippen LogP contribution is -2.60. The lowest BCUT2D eigenvalue weighted by Gasteiger charge is -2.49. The van der Waals surface area contributed by atoms with Crippen LogP contribution in [-0.2, 0) is 16.8 Å². The van der Waals surface area contributed by atoms with Crippen molar-refractivity contribution in [2.45, 2.75) is 37.8 Å². The van der Waals surface area contributed by atoms with E-state index in [1.165, 1.54) is 0 Å². The fourth-order valence-corrected chi connectivity index (χ4v) is 5.07. The fraction of sp³-hybridized carbons (Fsp3) is 0.276. The monoisotopic (exact) mass is 469 g/mol. The Morgan fingerprint density at radius 3 is 2.69 bits per heavy atom. The van der Waals surface area contributed by atoms with Gasteiger partial charge in [-0.05, 0) is 67.1 Å². The number of rotatable bonds is 8. The van der Waals surface area contributed by atoms with Gasteiger partial charge in [0, 0.05) is 18.9 Å². The fourth-order valence-electron chi connectivity index (χ4n) is 5.07. The van der Waals surface area contributed by atoms with Gasteiger partial charge in [-0.1, -0.05) is 42.5 Å². The van der Waals surface area contributed by atoms with Gasteiger partial charge in [0.2, 0.25) is 0 Å². The Kier molecular flexibility index (Phi) is 7.30. The summed E-state index contributed by atoms with van der Waals surface area (Å²) in [5, 5.41) is 3.01. The number of hydrogen-bond acceptors (Lipinski definition) is 4. The van der Waals surface area contributed by atoms with Crippen LogP contribution in [0.25, 0.3) is 0 Å². The van der Waals surface area contributed by atoms with Crippen molar-refractivity contribution < 1.29 is 14.3 Å². The molecule has 0 saturated carbocycles. The van der Waals surface area contributed by atoms with Crippen LogP contribution in [0, 0.1) is 0 Å². The number of benzene rings is 2. The van der Waals surface area contributed by atoms with Gasteiger partial charge in [-0.25, -0.2) is 0 Å². The summed E-state index contributed by atoms with van der Waals surface area (Å²) in [6, 6.07) is 18.7. The van der Waals surface area contributed by atoms with Crippen LogP contribution in [0.15, 0.2) is 85.7 Å². The van der Waals surface area contributed by atoms with Crippen LogP contribution < -0.4 is 10.1 Å². The van der Waals surface area contributed by atoms with E-state index in [-0.39, 0.29) is 17.9 Å². The van der Waals surface area contributed by atoms with Gasteiger partial charge in [0.05, 0.1) is 18.7 Å². The van der Waals surface area contributed by atoms with Crippen LogP contribution in [0.3, 0.4) is 0 Å². The number of pyridine rings is 1. The molecule has 1 heterocycles. The summed E-state index contributed by atoms with van der Waals surface area (Å²) in [5.74, 6) is 0.266. The minimum absolute atomic E-state index is 0.219. The smallest absolute Gasteiger partial charge is 0.257 e. The number of carbonyl (C=O) groups excluding carboxylic acids is 2. The van der Waals surface area contributed by atoms with Crippen LogP contribution in [0.5, 0.6) is 5.75 Å². The average Bonchev–Trinajstić information content (AvgIpc) is 2.92. The third-order valence-corrected chi connectivity index (χ3v) is 6.73. The van der Waals surface area contributed by atoms with Gasteiger partial charge in [0.25, 0.3) is 11.8 Å². The number of hydrogen-bond donors (Lipinski definition) is 1. The summed E-state index contributed by atoms with van der Waals surface area (Å²) < 4.78 is 5.47. The predicted octanol–water partition coefficient (Wildman–Crippen LogP) is 4.83. The van der Waals surface area contributed by atoms with Crippen molar-refractivity contribution in [2.75, 3.05) is 13.7 Å². The summed E-state index contributed by atoms with van der Waals surface area (Å²) in [5.41, 5.74) is 2.00. The highest BCUT2D eigenvalue weighted by Crippen LogP contribution is 2.46.